The van der Waals surface area contributed by atoms with Crippen LogP contribution in [0.4, 0.5) is 4.39 Å². The van der Waals surface area contributed by atoms with Gasteiger partial charge >= 0.3 is 0 Å². The van der Waals surface area contributed by atoms with E-state index in [1.54, 1.807) is 6.07 Å². The van der Waals surface area contributed by atoms with E-state index in [1.165, 1.54) is 38.2 Å². The minimum Gasteiger partial charge on any atom is -0.323 e. The smallest absolute Gasteiger partial charge is 0.123 e. The van der Waals surface area contributed by atoms with Crippen LogP contribution in [0.5, 0.6) is 0 Å². The number of thioether (sulfide) groups is 1. The molecule has 2 N–H and O–H groups in total. The molecule has 1 aliphatic carbocycles. The Morgan fingerprint density at radius 2 is 2.06 bits per heavy atom. The Labute approximate surface area is 113 Å². The molecule has 1 atom stereocenters. The first-order valence-corrected chi connectivity index (χ1v) is 7.85. The number of rotatable bonds is 4. The summed E-state index contributed by atoms with van der Waals surface area (Å²) in [6.07, 6.45) is 6.73. The first-order valence-electron chi connectivity index (χ1n) is 6.80. The molecule has 0 radical (unpaired) electrons. The van der Waals surface area contributed by atoms with Crippen molar-refractivity contribution in [1.82, 2.24) is 0 Å². The lowest BCUT2D eigenvalue weighted by Crippen LogP contribution is -2.18. The molecule has 0 heterocycles. The van der Waals surface area contributed by atoms with Crippen molar-refractivity contribution in [3.63, 3.8) is 0 Å². The summed E-state index contributed by atoms with van der Waals surface area (Å²) >= 11 is 1.97. The van der Waals surface area contributed by atoms with E-state index in [0.29, 0.717) is 0 Å². The molecule has 18 heavy (non-hydrogen) atoms. The quantitative estimate of drug-likeness (QED) is 0.884. The predicted molar refractivity (Wildman–Crippen MR) is 77.4 cm³/mol. The second-order valence-corrected chi connectivity index (χ2v) is 6.53. The highest BCUT2D eigenvalue weighted by Gasteiger charge is 2.16. The average molecular weight is 267 g/mol. The van der Waals surface area contributed by atoms with Gasteiger partial charge in [0.25, 0.3) is 0 Å². The van der Waals surface area contributed by atoms with Crippen molar-refractivity contribution in [2.45, 2.75) is 50.3 Å². The molecule has 2 rings (SSSR count). The molecule has 1 fully saturated rings. The maximum atomic E-state index is 13.2. The number of halogens is 1. The van der Waals surface area contributed by atoms with Gasteiger partial charge in [0.2, 0.25) is 0 Å². The van der Waals surface area contributed by atoms with E-state index in [2.05, 4.69) is 0 Å². The minimum absolute atomic E-state index is 0.0485. The topological polar surface area (TPSA) is 26.0 Å². The van der Waals surface area contributed by atoms with Crippen LogP contribution in [0.3, 0.4) is 0 Å². The van der Waals surface area contributed by atoms with E-state index >= 15 is 0 Å². The van der Waals surface area contributed by atoms with E-state index in [9.17, 15) is 4.39 Å². The molecule has 1 aliphatic rings. The summed E-state index contributed by atoms with van der Waals surface area (Å²) in [5.74, 6) is 0.711. The molecule has 1 nitrogen and oxygen atoms in total. The van der Waals surface area contributed by atoms with Gasteiger partial charge in [-0.2, -0.15) is 11.8 Å². The third-order valence-electron chi connectivity index (χ3n) is 3.70. The van der Waals surface area contributed by atoms with Crippen LogP contribution in [0, 0.1) is 12.7 Å². The van der Waals surface area contributed by atoms with Gasteiger partial charge in [0.1, 0.15) is 5.82 Å². The van der Waals surface area contributed by atoms with Crippen molar-refractivity contribution in [3.8, 4) is 0 Å². The van der Waals surface area contributed by atoms with Crippen molar-refractivity contribution in [3.05, 3.63) is 35.1 Å². The molecule has 0 spiro atoms. The number of aryl methyl sites for hydroxylation is 1. The Morgan fingerprint density at radius 3 is 2.78 bits per heavy atom. The molecular formula is C15H22FNS. The lowest BCUT2D eigenvalue weighted by molar-refractivity contribution is 0.515. The first-order chi connectivity index (χ1) is 8.66. The summed E-state index contributed by atoms with van der Waals surface area (Å²) in [4.78, 5) is 0. The van der Waals surface area contributed by atoms with Crippen LogP contribution in [0.15, 0.2) is 18.2 Å². The SMILES string of the molecule is Cc1ccc(F)cc1C(N)CSC1CCCCC1. The van der Waals surface area contributed by atoms with E-state index in [4.69, 9.17) is 5.73 Å². The van der Waals surface area contributed by atoms with Gasteiger partial charge in [-0.3, -0.25) is 0 Å². The largest absolute Gasteiger partial charge is 0.323 e. The van der Waals surface area contributed by atoms with E-state index in [-0.39, 0.29) is 11.9 Å². The highest BCUT2D eigenvalue weighted by molar-refractivity contribution is 7.99. The molecule has 0 bridgehead atoms. The predicted octanol–water partition coefficient (Wildman–Crippen LogP) is 4.20. The van der Waals surface area contributed by atoms with Crippen molar-refractivity contribution in [1.29, 1.82) is 0 Å². The number of hydrogen-bond acceptors (Lipinski definition) is 2. The Morgan fingerprint density at radius 1 is 1.33 bits per heavy atom. The highest BCUT2D eigenvalue weighted by atomic mass is 32.2. The summed E-state index contributed by atoms with van der Waals surface area (Å²) < 4.78 is 13.2. The van der Waals surface area contributed by atoms with Crippen molar-refractivity contribution in [2.75, 3.05) is 5.75 Å². The first kappa shape index (κ1) is 13.9. The zero-order valence-corrected chi connectivity index (χ0v) is 11.8. The van der Waals surface area contributed by atoms with Gasteiger partial charge in [0, 0.05) is 17.0 Å². The van der Waals surface area contributed by atoms with Gasteiger partial charge in [-0.25, -0.2) is 4.39 Å². The molecule has 0 amide bonds. The fourth-order valence-electron chi connectivity index (χ4n) is 2.57. The van der Waals surface area contributed by atoms with Crippen LogP contribution in [0.25, 0.3) is 0 Å². The standard InChI is InChI=1S/C15H22FNS/c1-11-7-8-12(16)9-14(11)15(17)10-18-13-5-3-2-4-6-13/h7-9,13,15H,2-6,10,17H2,1H3. The van der Waals surface area contributed by atoms with Gasteiger partial charge < -0.3 is 5.73 Å². The summed E-state index contributed by atoms with van der Waals surface area (Å²) in [6.45, 7) is 2.00. The highest BCUT2D eigenvalue weighted by Crippen LogP contribution is 2.31. The molecule has 0 aromatic heterocycles. The number of nitrogens with two attached hydrogens (primary N) is 1. The summed E-state index contributed by atoms with van der Waals surface area (Å²) in [5.41, 5.74) is 8.24. The third kappa shape index (κ3) is 3.72. The number of benzene rings is 1. The Bertz CT molecular complexity index is 388. The lowest BCUT2D eigenvalue weighted by Gasteiger charge is -2.23. The van der Waals surface area contributed by atoms with Crippen LogP contribution in [0.2, 0.25) is 0 Å². The van der Waals surface area contributed by atoms with Crippen molar-refractivity contribution in [2.24, 2.45) is 5.73 Å². The monoisotopic (exact) mass is 267 g/mol. The van der Waals surface area contributed by atoms with Crippen molar-refractivity contribution >= 4 is 11.8 Å². The van der Waals surface area contributed by atoms with E-state index < -0.39 is 0 Å². The molecule has 100 valence electrons. The van der Waals surface area contributed by atoms with Gasteiger partial charge in [0.15, 0.2) is 0 Å². The van der Waals surface area contributed by atoms with Crippen LogP contribution in [-0.2, 0) is 0 Å². The minimum atomic E-state index is -0.186. The maximum Gasteiger partial charge on any atom is 0.123 e. The second-order valence-electron chi connectivity index (χ2n) is 5.20. The molecule has 1 aromatic carbocycles. The van der Waals surface area contributed by atoms with Crippen LogP contribution < -0.4 is 5.73 Å². The lowest BCUT2D eigenvalue weighted by atomic mass is 10.0. The van der Waals surface area contributed by atoms with Crippen LogP contribution >= 0.6 is 11.8 Å². The second kappa shape index (κ2) is 6.58. The van der Waals surface area contributed by atoms with E-state index in [0.717, 1.165) is 22.1 Å². The van der Waals surface area contributed by atoms with Gasteiger partial charge in [-0.15, -0.1) is 0 Å². The number of hydrogen-bond donors (Lipinski definition) is 1. The molecule has 3 heteroatoms. The summed E-state index contributed by atoms with van der Waals surface area (Å²) in [7, 11) is 0. The van der Waals surface area contributed by atoms with Crippen molar-refractivity contribution < 1.29 is 4.39 Å². The van der Waals surface area contributed by atoms with Gasteiger partial charge in [-0.1, -0.05) is 25.3 Å². The Hall–Kier alpha value is -0.540. The van der Waals surface area contributed by atoms with Gasteiger partial charge in [0.05, 0.1) is 0 Å². The summed E-state index contributed by atoms with van der Waals surface area (Å²) in [5, 5.41) is 0.763. The fourth-order valence-corrected chi connectivity index (χ4v) is 3.90. The van der Waals surface area contributed by atoms with E-state index in [1.807, 2.05) is 24.8 Å². The maximum absolute atomic E-state index is 13.2. The Balaban J connectivity index is 1.90. The third-order valence-corrected chi connectivity index (χ3v) is 5.20. The summed E-state index contributed by atoms with van der Waals surface area (Å²) in [6, 6.07) is 4.85. The van der Waals surface area contributed by atoms with Crippen LogP contribution in [-0.4, -0.2) is 11.0 Å². The molecule has 0 aliphatic heterocycles. The van der Waals surface area contributed by atoms with Gasteiger partial charge in [-0.05, 0) is 43.0 Å². The fraction of sp³-hybridized carbons (Fsp3) is 0.600. The Kier molecular flexibility index (Phi) is 5.07. The molecular weight excluding hydrogens is 245 g/mol. The normalized spacial score (nSPS) is 18.8. The zero-order valence-electron chi connectivity index (χ0n) is 11.0. The zero-order chi connectivity index (χ0) is 13.0. The molecule has 1 aromatic rings. The molecule has 1 unspecified atom stereocenters. The average Bonchev–Trinajstić information content (AvgIpc) is 2.40. The van der Waals surface area contributed by atoms with Crippen LogP contribution in [0.1, 0.15) is 49.3 Å². The molecule has 0 saturated heterocycles. The molecule has 1 saturated carbocycles.